The van der Waals surface area contributed by atoms with Crippen molar-refractivity contribution in [3.05, 3.63) is 0 Å². The number of nitrogens with two attached hydrogens (primary N) is 1. The number of nitrogens with one attached hydrogen (secondary N) is 1. The first-order valence-electron chi connectivity index (χ1n) is 9.72. The molecule has 7 heteroatoms. The number of rotatable bonds is 5. The van der Waals surface area contributed by atoms with Gasteiger partial charge in [0.05, 0.1) is 18.8 Å². The van der Waals surface area contributed by atoms with Crippen LogP contribution in [0.3, 0.4) is 0 Å². The molecule has 3 fully saturated rings. The quantitative estimate of drug-likeness (QED) is 0.582. The van der Waals surface area contributed by atoms with Gasteiger partial charge in [0.15, 0.2) is 5.96 Å². The van der Waals surface area contributed by atoms with Gasteiger partial charge in [0.25, 0.3) is 0 Å². The molecule has 1 amide bonds. The van der Waals surface area contributed by atoms with Gasteiger partial charge in [-0.25, -0.2) is 9.79 Å². The molecule has 25 heavy (non-hydrogen) atoms. The zero-order valence-corrected chi connectivity index (χ0v) is 15.5. The summed E-state index contributed by atoms with van der Waals surface area (Å²) in [5, 5.41) is 3.35. The Kier molecular flexibility index (Phi) is 5.71. The first-order chi connectivity index (χ1) is 12.1. The normalized spacial score (nSPS) is 29.0. The number of likely N-dealkylation sites (tertiary alicyclic amines) is 1. The lowest BCUT2D eigenvalue weighted by molar-refractivity contribution is -0.162. The molecule has 1 heterocycles. The average Bonchev–Trinajstić information content (AvgIpc) is 2.53. The highest BCUT2D eigenvalue weighted by Gasteiger charge is 2.59. The molecule has 3 N–H and O–H groups in total. The van der Waals surface area contributed by atoms with Crippen molar-refractivity contribution in [1.82, 2.24) is 10.2 Å². The first-order valence-corrected chi connectivity index (χ1v) is 9.72. The number of hydrogen-bond acceptors (Lipinski definition) is 4. The molecule has 0 aromatic rings. The van der Waals surface area contributed by atoms with Gasteiger partial charge >= 0.3 is 6.09 Å². The van der Waals surface area contributed by atoms with E-state index in [1.807, 2.05) is 6.92 Å². The van der Waals surface area contributed by atoms with Crippen molar-refractivity contribution in [2.45, 2.75) is 70.6 Å². The molecule has 2 aliphatic carbocycles. The number of amides is 1. The van der Waals surface area contributed by atoms with Gasteiger partial charge in [-0.15, -0.1) is 0 Å². The van der Waals surface area contributed by atoms with E-state index in [0.29, 0.717) is 37.8 Å². The Morgan fingerprint density at radius 1 is 1.28 bits per heavy atom. The second-order valence-electron chi connectivity index (χ2n) is 7.40. The van der Waals surface area contributed by atoms with E-state index in [4.69, 9.17) is 20.2 Å². The summed E-state index contributed by atoms with van der Waals surface area (Å²) in [6, 6.07) is 0.569. The van der Waals surface area contributed by atoms with Crippen LogP contribution >= 0.6 is 0 Å². The third-order valence-electron chi connectivity index (χ3n) is 6.06. The Bertz CT molecular complexity index is 499. The summed E-state index contributed by atoms with van der Waals surface area (Å²) in [4.78, 5) is 18.3. The van der Waals surface area contributed by atoms with Crippen LogP contribution in [0.15, 0.2) is 4.99 Å². The van der Waals surface area contributed by atoms with Crippen molar-refractivity contribution in [2.24, 2.45) is 16.1 Å². The molecule has 2 saturated carbocycles. The molecule has 7 nitrogen and oxygen atoms in total. The first kappa shape index (κ1) is 18.3. The third-order valence-corrected chi connectivity index (χ3v) is 6.06. The van der Waals surface area contributed by atoms with E-state index < -0.39 is 0 Å². The fourth-order valence-corrected chi connectivity index (χ4v) is 4.42. The van der Waals surface area contributed by atoms with Gasteiger partial charge in [-0.05, 0) is 46.0 Å². The highest BCUT2D eigenvalue weighted by Crippen LogP contribution is 2.58. The van der Waals surface area contributed by atoms with Gasteiger partial charge in [-0.1, -0.05) is 6.42 Å². The molecular formula is C18H32N4O3. The molecule has 3 aliphatic rings. The van der Waals surface area contributed by atoms with Gasteiger partial charge in [-0.3, -0.25) is 0 Å². The summed E-state index contributed by atoms with van der Waals surface area (Å²) < 4.78 is 10.9. The molecule has 1 spiro atoms. The van der Waals surface area contributed by atoms with E-state index in [2.05, 4.69) is 12.2 Å². The maximum atomic E-state index is 11.7. The highest BCUT2D eigenvalue weighted by atomic mass is 16.6. The molecule has 0 aromatic heterocycles. The van der Waals surface area contributed by atoms with E-state index >= 15 is 0 Å². The number of nitrogens with zero attached hydrogens (tertiary/aromatic N) is 2. The SMILES string of the molecule is CCOC(=O)N1CCC(NC(N)=NC2CC(OCC)C23CCC3)CC1. The van der Waals surface area contributed by atoms with Crippen LogP contribution in [0.25, 0.3) is 0 Å². The van der Waals surface area contributed by atoms with Crippen LogP contribution in [-0.4, -0.2) is 61.4 Å². The lowest BCUT2D eigenvalue weighted by Crippen LogP contribution is -2.62. The Morgan fingerprint density at radius 2 is 2.00 bits per heavy atom. The largest absolute Gasteiger partial charge is 0.450 e. The fraction of sp³-hybridized carbons (Fsp3) is 0.889. The number of hydrogen-bond donors (Lipinski definition) is 2. The minimum Gasteiger partial charge on any atom is -0.450 e. The van der Waals surface area contributed by atoms with Crippen molar-refractivity contribution < 1.29 is 14.3 Å². The molecule has 0 aromatic carbocycles. The van der Waals surface area contributed by atoms with Crippen LogP contribution in [-0.2, 0) is 9.47 Å². The highest BCUT2D eigenvalue weighted by molar-refractivity contribution is 5.78. The zero-order chi connectivity index (χ0) is 17.9. The Balaban J connectivity index is 1.46. The predicted octanol–water partition coefficient (Wildman–Crippen LogP) is 1.86. The van der Waals surface area contributed by atoms with Crippen molar-refractivity contribution in [2.75, 3.05) is 26.3 Å². The van der Waals surface area contributed by atoms with Crippen LogP contribution in [0.5, 0.6) is 0 Å². The van der Waals surface area contributed by atoms with Crippen LogP contribution in [0.4, 0.5) is 4.79 Å². The molecule has 1 aliphatic heterocycles. The maximum Gasteiger partial charge on any atom is 0.409 e. The average molecular weight is 352 g/mol. The Morgan fingerprint density at radius 3 is 2.56 bits per heavy atom. The number of carbonyl (C=O) groups excluding carboxylic acids is 1. The number of piperidine rings is 1. The lowest BCUT2D eigenvalue weighted by atomic mass is 9.51. The second-order valence-corrected chi connectivity index (χ2v) is 7.40. The molecule has 3 rings (SSSR count). The Hall–Kier alpha value is -1.50. The number of ether oxygens (including phenoxy) is 2. The molecule has 2 unspecified atom stereocenters. The van der Waals surface area contributed by atoms with Crippen LogP contribution in [0.1, 0.15) is 52.4 Å². The predicted molar refractivity (Wildman–Crippen MR) is 96.5 cm³/mol. The zero-order valence-electron chi connectivity index (χ0n) is 15.5. The van der Waals surface area contributed by atoms with E-state index in [0.717, 1.165) is 25.9 Å². The van der Waals surface area contributed by atoms with Crippen LogP contribution in [0, 0.1) is 5.41 Å². The fourth-order valence-electron chi connectivity index (χ4n) is 4.42. The van der Waals surface area contributed by atoms with E-state index in [9.17, 15) is 4.79 Å². The summed E-state index contributed by atoms with van der Waals surface area (Å²) >= 11 is 0. The summed E-state index contributed by atoms with van der Waals surface area (Å²) in [5.41, 5.74) is 6.41. The minimum absolute atomic E-state index is 0.217. The molecule has 0 radical (unpaired) electrons. The van der Waals surface area contributed by atoms with Crippen molar-refractivity contribution >= 4 is 12.1 Å². The maximum absolute atomic E-state index is 11.7. The van der Waals surface area contributed by atoms with Gasteiger partial charge < -0.3 is 25.4 Å². The monoisotopic (exact) mass is 352 g/mol. The smallest absolute Gasteiger partial charge is 0.409 e. The lowest BCUT2D eigenvalue weighted by Gasteiger charge is -2.59. The van der Waals surface area contributed by atoms with Gasteiger partial charge in [0.1, 0.15) is 0 Å². The molecule has 1 saturated heterocycles. The number of carbonyl (C=O) groups is 1. The molecule has 0 bridgehead atoms. The van der Waals surface area contributed by atoms with Crippen molar-refractivity contribution in [3.8, 4) is 0 Å². The summed E-state index contributed by atoms with van der Waals surface area (Å²) in [6.45, 7) is 6.47. The van der Waals surface area contributed by atoms with E-state index in [1.54, 1.807) is 4.90 Å². The second kappa shape index (κ2) is 7.81. The molecule has 2 atom stereocenters. The summed E-state index contributed by atoms with van der Waals surface area (Å²) in [6.07, 6.45) is 6.55. The molecule has 142 valence electrons. The van der Waals surface area contributed by atoms with Gasteiger partial charge in [0, 0.05) is 31.2 Å². The van der Waals surface area contributed by atoms with Crippen LogP contribution in [0.2, 0.25) is 0 Å². The Labute approximate surface area is 150 Å². The molecular weight excluding hydrogens is 320 g/mol. The van der Waals surface area contributed by atoms with E-state index in [-0.39, 0.29) is 17.6 Å². The third kappa shape index (κ3) is 3.71. The standard InChI is InChI=1S/C18H32N4O3/c1-3-24-15-12-14(18(15)8-5-9-18)21-16(19)20-13-6-10-22(11-7-13)17(23)25-4-2/h13-15H,3-12H2,1-2H3,(H3,19,20,21). The van der Waals surface area contributed by atoms with Gasteiger partial charge in [0.2, 0.25) is 0 Å². The minimum atomic E-state index is -0.217. The number of guanidine groups is 1. The summed E-state index contributed by atoms with van der Waals surface area (Å²) in [5.74, 6) is 0.542. The number of aliphatic imine (C=N–C) groups is 1. The van der Waals surface area contributed by atoms with Gasteiger partial charge in [-0.2, -0.15) is 0 Å². The van der Waals surface area contributed by atoms with E-state index in [1.165, 1.54) is 19.3 Å². The summed E-state index contributed by atoms with van der Waals surface area (Å²) in [7, 11) is 0. The van der Waals surface area contributed by atoms with Crippen molar-refractivity contribution in [1.29, 1.82) is 0 Å². The topological polar surface area (TPSA) is 89.2 Å². The van der Waals surface area contributed by atoms with Crippen molar-refractivity contribution in [3.63, 3.8) is 0 Å². The van der Waals surface area contributed by atoms with Crippen LogP contribution < -0.4 is 11.1 Å².